The first-order valence-electron chi connectivity index (χ1n) is 11.2. The lowest BCUT2D eigenvalue weighted by atomic mass is 9.96. The third-order valence-corrected chi connectivity index (χ3v) is 6.45. The molecule has 5 aromatic rings. The van der Waals surface area contributed by atoms with Crippen molar-refractivity contribution in [2.24, 2.45) is 0 Å². The van der Waals surface area contributed by atoms with E-state index in [2.05, 4.69) is 20.3 Å². The number of aromatic nitrogens is 3. The van der Waals surface area contributed by atoms with Gasteiger partial charge in [-0.2, -0.15) is 0 Å². The van der Waals surface area contributed by atoms with Gasteiger partial charge in [-0.15, -0.1) is 0 Å². The van der Waals surface area contributed by atoms with E-state index in [1.165, 1.54) is 11.2 Å². The summed E-state index contributed by atoms with van der Waals surface area (Å²) >= 11 is 0. The van der Waals surface area contributed by atoms with E-state index in [1.807, 2.05) is 42.5 Å². The fraction of sp³-hybridized carbons (Fsp3) is 0.154. The van der Waals surface area contributed by atoms with Gasteiger partial charge in [0.25, 0.3) is 5.91 Å². The van der Waals surface area contributed by atoms with E-state index in [-0.39, 0.29) is 25.4 Å². The SMILES string of the molecule is O=C(O)C1Cc2c([nH]c3ccccc23)CN1C(=O)c1ccoc1CNc1ccc2nccnc2c1. The van der Waals surface area contributed by atoms with Gasteiger partial charge in [-0.1, -0.05) is 18.2 Å². The largest absolute Gasteiger partial charge is 0.480 e. The van der Waals surface area contributed by atoms with Crippen LogP contribution < -0.4 is 5.32 Å². The maximum Gasteiger partial charge on any atom is 0.326 e. The summed E-state index contributed by atoms with van der Waals surface area (Å²) in [5.74, 6) is -0.979. The molecule has 2 aromatic carbocycles. The number of anilines is 1. The molecule has 1 amide bonds. The van der Waals surface area contributed by atoms with Gasteiger partial charge < -0.3 is 24.7 Å². The Morgan fingerprint density at radius 2 is 1.94 bits per heavy atom. The Labute approximate surface area is 199 Å². The molecule has 0 spiro atoms. The zero-order valence-corrected chi connectivity index (χ0v) is 18.6. The van der Waals surface area contributed by atoms with Crippen LogP contribution >= 0.6 is 0 Å². The number of carbonyl (C=O) groups is 2. The predicted octanol–water partition coefficient (Wildman–Crippen LogP) is 3.97. The number of furan rings is 1. The van der Waals surface area contributed by atoms with Crippen LogP contribution in [0.25, 0.3) is 21.9 Å². The summed E-state index contributed by atoms with van der Waals surface area (Å²) < 4.78 is 5.61. The molecule has 0 radical (unpaired) electrons. The van der Waals surface area contributed by atoms with E-state index in [4.69, 9.17) is 4.42 Å². The zero-order valence-electron chi connectivity index (χ0n) is 18.6. The zero-order chi connectivity index (χ0) is 23.9. The Morgan fingerprint density at radius 1 is 1.11 bits per heavy atom. The number of amides is 1. The van der Waals surface area contributed by atoms with E-state index in [0.717, 1.165) is 38.9 Å². The van der Waals surface area contributed by atoms with Crippen molar-refractivity contribution in [2.45, 2.75) is 25.6 Å². The Morgan fingerprint density at radius 3 is 2.80 bits per heavy atom. The summed E-state index contributed by atoms with van der Waals surface area (Å²) in [6, 6.07) is 14.0. The topological polar surface area (TPSA) is 124 Å². The second-order valence-electron chi connectivity index (χ2n) is 8.49. The van der Waals surface area contributed by atoms with Crippen LogP contribution in [0, 0.1) is 0 Å². The van der Waals surface area contributed by atoms with Crippen molar-refractivity contribution in [1.29, 1.82) is 0 Å². The maximum absolute atomic E-state index is 13.6. The molecule has 1 atom stereocenters. The first-order valence-corrected chi connectivity index (χ1v) is 11.2. The number of hydrogen-bond donors (Lipinski definition) is 3. The van der Waals surface area contributed by atoms with Crippen LogP contribution in [0.2, 0.25) is 0 Å². The quantitative estimate of drug-likeness (QED) is 0.357. The lowest BCUT2D eigenvalue weighted by Gasteiger charge is -2.33. The molecule has 4 heterocycles. The first kappa shape index (κ1) is 20.9. The number of carboxylic acids is 1. The number of aromatic amines is 1. The van der Waals surface area contributed by atoms with Crippen LogP contribution in [-0.4, -0.2) is 42.9 Å². The normalized spacial score (nSPS) is 15.3. The van der Waals surface area contributed by atoms with E-state index < -0.39 is 12.0 Å². The predicted molar refractivity (Wildman–Crippen MR) is 129 cm³/mol. The summed E-state index contributed by atoms with van der Waals surface area (Å²) in [5.41, 5.74) is 5.42. The molecule has 0 bridgehead atoms. The lowest BCUT2D eigenvalue weighted by Crippen LogP contribution is -2.48. The molecule has 6 rings (SSSR count). The molecule has 9 nitrogen and oxygen atoms in total. The summed E-state index contributed by atoms with van der Waals surface area (Å²) in [7, 11) is 0. The van der Waals surface area contributed by atoms with Crippen molar-refractivity contribution in [3.8, 4) is 0 Å². The van der Waals surface area contributed by atoms with Crippen molar-refractivity contribution >= 4 is 39.5 Å². The van der Waals surface area contributed by atoms with Crippen LogP contribution in [-0.2, 0) is 24.3 Å². The van der Waals surface area contributed by atoms with Gasteiger partial charge in [0.15, 0.2) is 0 Å². The summed E-state index contributed by atoms with van der Waals surface area (Å²) in [5, 5.41) is 14.2. The third-order valence-electron chi connectivity index (χ3n) is 6.45. The lowest BCUT2D eigenvalue weighted by molar-refractivity contribution is -0.142. The molecule has 35 heavy (non-hydrogen) atoms. The highest BCUT2D eigenvalue weighted by Gasteiger charge is 2.37. The van der Waals surface area contributed by atoms with Crippen molar-refractivity contribution in [1.82, 2.24) is 19.9 Å². The molecule has 0 saturated carbocycles. The van der Waals surface area contributed by atoms with Gasteiger partial charge in [-0.25, -0.2) is 4.79 Å². The number of nitrogens with one attached hydrogen (secondary N) is 2. The smallest absolute Gasteiger partial charge is 0.326 e. The van der Waals surface area contributed by atoms with Gasteiger partial charge in [0.1, 0.15) is 11.8 Å². The fourth-order valence-corrected chi connectivity index (χ4v) is 4.72. The second kappa shape index (κ2) is 8.28. The van der Waals surface area contributed by atoms with Gasteiger partial charge in [0.05, 0.1) is 35.9 Å². The highest BCUT2D eigenvalue weighted by molar-refractivity contribution is 5.98. The molecule has 174 valence electrons. The number of carbonyl (C=O) groups excluding carboxylic acids is 1. The number of H-pyrrole nitrogens is 1. The minimum absolute atomic E-state index is 0.182. The van der Waals surface area contributed by atoms with E-state index in [1.54, 1.807) is 18.5 Å². The van der Waals surface area contributed by atoms with E-state index in [9.17, 15) is 14.7 Å². The number of rotatable bonds is 5. The van der Waals surface area contributed by atoms with Crippen molar-refractivity contribution in [3.05, 3.63) is 89.8 Å². The minimum Gasteiger partial charge on any atom is -0.480 e. The standard InChI is InChI=1S/C26H21N5O4/c32-25(31-14-22-18(12-23(31)26(33)34)16-3-1-2-4-19(16)30-22)17-7-10-35-24(17)13-29-15-5-6-20-21(11-15)28-9-8-27-20/h1-11,23,29-30H,12-14H2,(H,33,34). The van der Waals surface area contributed by atoms with Crippen LogP contribution in [0.1, 0.15) is 27.4 Å². The first-order chi connectivity index (χ1) is 17.1. The summed E-state index contributed by atoms with van der Waals surface area (Å²) in [6.45, 7) is 0.435. The Hall–Kier alpha value is -4.66. The van der Waals surface area contributed by atoms with E-state index in [0.29, 0.717) is 11.3 Å². The number of fused-ring (bicyclic) bond motifs is 4. The van der Waals surface area contributed by atoms with Crippen molar-refractivity contribution < 1.29 is 19.1 Å². The highest BCUT2D eigenvalue weighted by Crippen LogP contribution is 2.32. The maximum atomic E-state index is 13.6. The molecular weight excluding hydrogens is 446 g/mol. The molecule has 1 aliphatic heterocycles. The molecule has 1 aliphatic rings. The Bertz CT molecular complexity index is 1590. The van der Waals surface area contributed by atoms with Crippen LogP contribution in [0.4, 0.5) is 5.69 Å². The molecule has 0 saturated heterocycles. The average molecular weight is 467 g/mol. The number of para-hydroxylation sites is 1. The molecule has 3 aromatic heterocycles. The number of hydrogen-bond acceptors (Lipinski definition) is 6. The van der Waals surface area contributed by atoms with Crippen LogP contribution in [0.15, 0.2) is 71.6 Å². The summed E-state index contributed by atoms with van der Waals surface area (Å²) in [6.07, 6.45) is 4.96. The molecular formula is C26H21N5O4. The number of carboxylic acid groups (broad SMARTS) is 1. The third kappa shape index (κ3) is 3.67. The van der Waals surface area contributed by atoms with Gasteiger partial charge in [0.2, 0.25) is 0 Å². The van der Waals surface area contributed by atoms with Gasteiger partial charge in [-0.3, -0.25) is 14.8 Å². The van der Waals surface area contributed by atoms with Gasteiger partial charge >= 0.3 is 5.97 Å². The molecule has 9 heteroatoms. The van der Waals surface area contributed by atoms with Crippen LogP contribution in [0.5, 0.6) is 0 Å². The number of nitrogens with zero attached hydrogens (tertiary/aromatic N) is 3. The Balaban J connectivity index is 1.26. The summed E-state index contributed by atoms with van der Waals surface area (Å²) in [4.78, 5) is 39.0. The van der Waals surface area contributed by atoms with E-state index >= 15 is 0 Å². The van der Waals surface area contributed by atoms with Crippen LogP contribution in [0.3, 0.4) is 0 Å². The molecule has 0 aliphatic carbocycles. The fourth-order valence-electron chi connectivity index (χ4n) is 4.72. The minimum atomic E-state index is -1.03. The molecule has 0 fully saturated rings. The van der Waals surface area contributed by atoms with Crippen molar-refractivity contribution in [2.75, 3.05) is 5.32 Å². The second-order valence-corrected chi connectivity index (χ2v) is 8.49. The van der Waals surface area contributed by atoms with Gasteiger partial charge in [-0.05, 0) is 35.9 Å². The highest BCUT2D eigenvalue weighted by atomic mass is 16.4. The van der Waals surface area contributed by atoms with Crippen molar-refractivity contribution in [3.63, 3.8) is 0 Å². The monoisotopic (exact) mass is 467 g/mol. The molecule has 1 unspecified atom stereocenters. The average Bonchev–Trinajstić information content (AvgIpc) is 3.50. The van der Waals surface area contributed by atoms with Gasteiger partial charge in [0, 0.05) is 41.1 Å². The number of benzene rings is 2. The Kier molecular flexibility index (Phi) is 4.95. The molecule has 3 N–H and O–H groups in total. The number of aliphatic carboxylic acids is 1.